The number of carboxylic acids is 1. The van der Waals surface area contributed by atoms with Gasteiger partial charge in [0, 0.05) is 11.1 Å². The zero-order chi connectivity index (χ0) is 11.0. The van der Waals surface area contributed by atoms with E-state index in [0.29, 0.717) is 5.69 Å². The first-order valence-electron chi connectivity index (χ1n) is 4.67. The fourth-order valence-electron chi connectivity index (χ4n) is 1.81. The van der Waals surface area contributed by atoms with Gasteiger partial charge in [-0.1, -0.05) is 12.1 Å². The number of nitrogens with one attached hydrogen (secondary N) is 1. The van der Waals surface area contributed by atoms with Crippen molar-refractivity contribution in [3.05, 3.63) is 29.5 Å². The van der Waals surface area contributed by atoms with Gasteiger partial charge in [-0.3, -0.25) is 4.79 Å². The molecule has 78 valence electrons. The van der Waals surface area contributed by atoms with Crippen molar-refractivity contribution in [2.24, 2.45) is 0 Å². The minimum absolute atomic E-state index is 0.0231. The molecule has 0 atom stereocenters. The third-order valence-corrected chi connectivity index (χ3v) is 2.51. The summed E-state index contributed by atoms with van der Waals surface area (Å²) in [5.74, 6) is -0.832. The maximum absolute atomic E-state index is 10.7. The molecule has 1 aromatic heterocycles. The van der Waals surface area contributed by atoms with Crippen LogP contribution in [0.5, 0.6) is 0 Å². The van der Waals surface area contributed by atoms with Gasteiger partial charge in [0.25, 0.3) is 0 Å². The third kappa shape index (κ3) is 1.54. The molecule has 0 saturated heterocycles. The molecule has 0 bridgehead atoms. The Balaban J connectivity index is 2.68. The van der Waals surface area contributed by atoms with Crippen LogP contribution in [-0.2, 0) is 11.2 Å². The number of fused-ring (bicyclic) bond motifs is 1. The van der Waals surface area contributed by atoms with Gasteiger partial charge in [-0.15, -0.1) is 0 Å². The Bertz CT molecular complexity index is 529. The Kier molecular flexibility index (Phi) is 2.11. The standard InChI is InChI=1S/C11H12N2O2/c1-6-8(5-10(14)15)7-3-2-4-9(12)11(7)13-6/h2-4,13H,5,12H2,1H3,(H,14,15). The van der Waals surface area contributed by atoms with E-state index in [0.717, 1.165) is 22.2 Å². The molecule has 2 rings (SSSR count). The Hall–Kier alpha value is -1.97. The molecule has 4 nitrogen and oxygen atoms in total. The summed E-state index contributed by atoms with van der Waals surface area (Å²) in [6, 6.07) is 5.51. The number of aromatic amines is 1. The van der Waals surface area contributed by atoms with E-state index in [1.165, 1.54) is 0 Å². The lowest BCUT2D eigenvalue weighted by Crippen LogP contribution is -2.00. The van der Waals surface area contributed by atoms with Gasteiger partial charge >= 0.3 is 5.97 Å². The van der Waals surface area contributed by atoms with Crippen molar-refractivity contribution in [2.45, 2.75) is 13.3 Å². The zero-order valence-corrected chi connectivity index (χ0v) is 8.37. The third-order valence-electron chi connectivity index (χ3n) is 2.51. The van der Waals surface area contributed by atoms with Crippen molar-refractivity contribution >= 4 is 22.6 Å². The number of aliphatic carboxylic acids is 1. The van der Waals surface area contributed by atoms with Crippen molar-refractivity contribution in [3.8, 4) is 0 Å². The number of H-pyrrole nitrogens is 1. The molecule has 0 fully saturated rings. The van der Waals surface area contributed by atoms with E-state index in [2.05, 4.69) is 4.98 Å². The lowest BCUT2D eigenvalue weighted by Gasteiger charge is -1.97. The molecule has 4 heteroatoms. The van der Waals surface area contributed by atoms with Crippen molar-refractivity contribution in [1.82, 2.24) is 4.98 Å². The molecule has 0 aliphatic heterocycles. The number of nitrogen functional groups attached to an aromatic ring is 1. The van der Waals surface area contributed by atoms with Crippen LogP contribution in [0.4, 0.5) is 5.69 Å². The molecule has 0 amide bonds. The van der Waals surface area contributed by atoms with E-state index < -0.39 is 5.97 Å². The molecule has 0 aliphatic carbocycles. The predicted octanol–water partition coefficient (Wildman–Crippen LogP) is 1.69. The number of rotatable bonds is 2. The summed E-state index contributed by atoms with van der Waals surface area (Å²) in [5.41, 5.74) is 8.94. The Morgan fingerprint density at radius 3 is 2.93 bits per heavy atom. The highest BCUT2D eigenvalue weighted by Gasteiger charge is 2.12. The summed E-state index contributed by atoms with van der Waals surface area (Å²) in [4.78, 5) is 13.8. The average molecular weight is 204 g/mol. The Morgan fingerprint density at radius 1 is 1.53 bits per heavy atom. The first-order chi connectivity index (χ1) is 7.09. The number of anilines is 1. The normalized spacial score (nSPS) is 10.7. The Morgan fingerprint density at radius 2 is 2.27 bits per heavy atom. The number of hydrogen-bond acceptors (Lipinski definition) is 2. The molecule has 0 aliphatic rings. The molecular weight excluding hydrogens is 192 g/mol. The highest BCUT2D eigenvalue weighted by atomic mass is 16.4. The quantitative estimate of drug-likeness (QED) is 0.651. The van der Waals surface area contributed by atoms with Gasteiger partial charge in [-0.2, -0.15) is 0 Å². The van der Waals surface area contributed by atoms with E-state index in [9.17, 15) is 4.79 Å². The molecule has 4 N–H and O–H groups in total. The molecule has 0 unspecified atom stereocenters. The topological polar surface area (TPSA) is 79.1 Å². The molecule has 15 heavy (non-hydrogen) atoms. The summed E-state index contributed by atoms with van der Waals surface area (Å²) in [6.07, 6.45) is 0.0231. The van der Waals surface area contributed by atoms with Crippen LogP contribution in [-0.4, -0.2) is 16.1 Å². The van der Waals surface area contributed by atoms with Crippen LogP contribution >= 0.6 is 0 Å². The first kappa shape index (κ1) is 9.58. The fourth-order valence-corrected chi connectivity index (χ4v) is 1.81. The summed E-state index contributed by atoms with van der Waals surface area (Å²) >= 11 is 0. The van der Waals surface area contributed by atoms with Gasteiger partial charge in [0.15, 0.2) is 0 Å². The highest BCUT2D eigenvalue weighted by Crippen LogP contribution is 2.26. The van der Waals surface area contributed by atoms with Crippen LogP contribution in [0.3, 0.4) is 0 Å². The molecule has 0 radical (unpaired) electrons. The monoisotopic (exact) mass is 204 g/mol. The van der Waals surface area contributed by atoms with Gasteiger partial charge in [0.2, 0.25) is 0 Å². The average Bonchev–Trinajstić information content (AvgIpc) is 2.45. The van der Waals surface area contributed by atoms with Crippen LogP contribution in [0.2, 0.25) is 0 Å². The second-order valence-electron chi connectivity index (χ2n) is 3.57. The van der Waals surface area contributed by atoms with Crippen LogP contribution in [0.1, 0.15) is 11.3 Å². The van der Waals surface area contributed by atoms with Crippen molar-refractivity contribution in [1.29, 1.82) is 0 Å². The van der Waals surface area contributed by atoms with E-state index in [-0.39, 0.29) is 6.42 Å². The van der Waals surface area contributed by atoms with E-state index in [4.69, 9.17) is 10.8 Å². The number of nitrogens with two attached hydrogens (primary N) is 1. The van der Waals surface area contributed by atoms with Crippen LogP contribution in [0.15, 0.2) is 18.2 Å². The lowest BCUT2D eigenvalue weighted by molar-refractivity contribution is -0.136. The van der Waals surface area contributed by atoms with E-state index in [1.807, 2.05) is 19.1 Å². The second-order valence-corrected chi connectivity index (χ2v) is 3.57. The van der Waals surface area contributed by atoms with Crippen LogP contribution < -0.4 is 5.73 Å². The summed E-state index contributed by atoms with van der Waals surface area (Å²) in [6.45, 7) is 1.86. The molecule has 1 heterocycles. The number of benzene rings is 1. The molecule has 0 saturated carbocycles. The summed E-state index contributed by atoms with van der Waals surface area (Å²) in [7, 11) is 0. The number of carboxylic acid groups (broad SMARTS) is 1. The van der Waals surface area contributed by atoms with Gasteiger partial charge < -0.3 is 15.8 Å². The maximum Gasteiger partial charge on any atom is 0.307 e. The maximum atomic E-state index is 10.7. The Labute approximate surface area is 86.7 Å². The smallest absolute Gasteiger partial charge is 0.307 e. The fraction of sp³-hybridized carbons (Fsp3) is 0.182. The highest BCUT2D eigenvalue weighted by molar-refractivity contribution is 5.95. The number of aromatic nitrogens is 1. The zero-order valence-electron chi connectivity index (χ0n) is 8.37. The van der Waals surface area contributed by atoms with Gasteiger partial charge in [-0.25, -0.2) is 0 Å². The van der Waals surface area contributed by atoms with Crippen molar-refractivity contribution in [3.63, 3.8) is 0 Å². The van der Waals surface area contributed by atoms with Crippen molar-refractivity contribution in [2.75, 3.05) is 5.73 Å². The van der Waals surface area contributed by atoms with Crippen LogP contribution in [0, 0.1) is 6.92 Å². The summed E-state index contributed by atoms with van der Waals surface area (Å²) in [5, 5.41) is 9.69. The number of hydrogen-bond donors (Lipinski definition) is 3. The first-order valence-corrected chi connectivity index (χ1v) is 4.67. The molecule has 0 spiro atoms. The minimum atomic E-state index is -0.832. The lowest BCUT2D eigenvalue weighted by atomic mass is 10.1. The van der Waals surface area contributed by atoms with Crippen molar-refractivity contribution < 1.29 is 9.90 Å². The SMILES string of the molecule is Cc1[nH]c2c(N)cccc2c1CC(=O)O. The van der Waals surface area contributed by atoms with E-state index in [1.54, 1.807) is 6.07 Å². The number of carbonyl (C=O) groups is 1. The molecule has 1 aromatic carbocycles. The van der Waals surface area contributed by atoms with Crippen LogP contribution in [0.25, 0.3) is 10.9 Å². The minimum Gasteiger partial charge on any atom is -0.481 e. The molecule has 2 aromatic rings. The van der Waals surface area contributed by atoms with Gasteiger partial charge in [0.05, 0.1) is 17.6 Å². The number of aryl methyl sites for hydroxylation is 1. The van der Waals surface area contributed by atoms with Gasteiger partial charge in [-0.05, 0) is 18.6 Å². The predicted molar refractivity (Wildman–Crippen MR) is 58.8 cm³/mol. The molecular formula is C11H12N2O2. The van der Waals surface area contributed by atoms with E-state index >= 15 is 0 Å². The largest absolute Gasteiger partial charge is 0.481 e. The van der Waals surface area contributed by atoms with Gasteiger partial charge in [0.1, 0.15) is 0 Å². The summed E-state index contributed by atoms with van der Waals surface area (Å²) < 4.78 is 0. The number of para-hydroxylation sites is 1. The second kappa shape index (κ2) is 3.31.